The molecule has 0 aromatic rings. The van der Waals surface area contributed by atoms with Gasteiger partial charge in [0.05, 0.1) is 25.4 Å². The van der Waals surface area contributed by atoms with E-state index in [2.05, 4.69) is 34.6 Å². The van der Waals surface area contributed by atoms with Crippen LogP contribution in [0, 0.1) is 11.3 Å². The van der Waals surface area contributed by atoms with Crippen LogP contribution in [0.25, 0.3) is 0 Å². The Morgan fingerprint density at radius 3 is 2.43 bits per heavy atom. The first-order chi connectivity index (χ1) is 9.93. The Labute approximate surface area is 130 Å². The molecule has 0 N–H and O–H groups in total. The Morgan fingerprint density at radius 1 is 1.19 bits per heavy atom. The van der Waals surface area contributed by atoms with Gasteiger partial charge in [0.15, 0.2) is 5.79 Å². The predicted molar refractivity (Wildman–Crippen MR) is 85.3 cm³/mol. The molecule has 124 valence electrons. The van der Waals surface area contributed by atoms with Crippen molar-refractivity contribution in [1.29, 1.82) is 0 Å². The summed E-state index contributed by atoms with van der Waals surface area (Å²) < 4.78 is 18.7. The van der Waals surface area contributed by atoms with Crippen LogP contribution >= 0.6 is 0 Å². The highest BCUT2D eigenvalue weighted by molar-refractivity contribution is 4.99. The first-order valence-electron chi connectivity index (χ1n) is 8.86. The van der Waals surface area contributed by atoms with Gasteiger partial charge in [-0.05, 0) is 25.2 Å². The molecule has 0 bridgehead atoms. The Balaban J connectivity index is 2.06. The standard InChI is InChI=1S/C18H34O3/c1-6-7-9-15(14(2)3)21-16-10-8-11-18(17(16,4)5)19-12-13-20-18/h14-16H,6-13H2,1-5H3/t15-,16-/m1/s1. The third-order valence-corrected chi connectivity index (χ3v) is 5.44. The highest BCUT2D eigenvalue weighted by Gasteiger charge is 2.56. The first kappa shape index (κ1) is 17.2. The summed E-state index contributed by atoms with van der Waals surface area (Å²) in [5.74, 6) is 0.151. The van der Waals surface area contributed by atoms with E-state index < -0.39 is 5.79 Å². The van der Waals surface area contributed by atoms with E-state index in [0.29, 0.717) is 12.0 Å². The topological polar surface area (TPSA) is 27.7 Å². The van der Waals surface area contributed by atoms with Crippen molar-refractivity contribution in [2.24, 2.45) is 11.3 Å². The molecule has 0 unspecified atom stereocenters. The summed E-state index contributed by atoms with van der Waals surface area (Å²) in [5, 5.41) is 0. The van der Waals surface area contributed by atoms with Gasteiger partial charge in [0.2, 0.25) is 0 Å². The van der Waals surface area contributed by atoms with Crippen molar-refractivity contribution >= 4 is 0 Å². The molecule has 2 fully saturated rings. The molecule has 2 aliphatic rings. The van der Waals surface area contributed by atoms with Gasteiger partial charge in [-0.1, -0.05) is 47.5 Å². The van der Waals surface area contributed by atoms with Crippen LogP contribution in [-0.2, 0) is 14.2 Å². The number of hydrogen-bond donors (Lipinski definition) is 0. The molecule has 1 spiro atoms. The minimum atomic E-state index is -0.414. The Kier molecular flexibility index (Phi) is 5.72. The zero-order chi connectivity index (χ0) is 15.5. The van der Waals surface area contributed by atoms with E-state index in [1.807, 2.05) is 0 Å². The summed E-state index contributed by atoms with van der Waals surface area (Å²) in [6.45, 7) is 12.8. The smallest absolute Gasteiger partial charge is 0.175 e. The average molecular weight is 298 g/mol. The zero-order valence-electron chi connectivity index (χ0n) is 14.6. The lowest BCUT2D eigenvalue weighted by molar-refractivity contribution is -0.286. The molecule has 1 aliphatic carbocycles. The minimum absolute atomic E-state index is 0.0822. The van der Waals surface area contributed by atoms with Crippen molar-refractivity contribution in [2.75, 3.05) is 13.2 Å². The highest BCUT2D eigenvalue weighted by Crippen LogP contribution is 2.50. The number of unbranched alkanes of at least 4 members (excludes halogenated alkanes) is 1. The van der Waals surface area contributed by atoms with Crippen LogP contribution in [0.5, 0.6) is 0 Å². The van der Waals surface area contributed by atoms with Gasteiger partial charge >= 0.3 is 0 Å². The fourth-order valence-electron chi connectivity index (χ4n) is 3.83. The van der Waals surface area contributed by atoms with Crippen LogP contribution in [0.4, 0.5) is 0 Å². The SMILES string of the molecule is CCCC[C@@H](O[C@@H]1CCCC2(OCCO2)C1(C)C)C(C)C. The lowest BCUT2D eigenvalue weighted by atomic mass is 9.69. The Hall–Kier alpha value is -0.120. The largest absolute Gasteiger partial charge is 0.374 e. The molecule has 0 radical (unpaired) electrons. The van der Waals surface area contributed by atoms with Crippen LogP contribution in [0.3, 0.4) is 0 Å². The van der Waals surface area contributed by atoms with Gasteiger partial charge in [-0.15, -0.1) is 0 Å². The van der Waals surface area contributed by atoms with Gasteiger partial charge in [0, 0.05) is 11.8 Å². The fraction of sp³-hybridized carbons (Fsp3) is 1.00. The van der Waals surface area contributed by atoms with Crippen LogP contribution in [-0.4, -0.2) is 31.2 Å². The summed E-state index contributed by atoms with van der Waals surface area (Å²) in [7, 11) is 0. The molecule has 3 heteroatoms. The molecule has 0 amide bonds. The minimum Gasteiger partial charge on any atom is -0.374 e. The van der Waals surface area contributed by atoms with E-state index in [1.165, 1.54) is 12.8 Å². The second-order valence-electron chi connectivity index (χ2n) is 7.61. The van der Waals surface area contributed by atoms with Crippen molar-refractivity contribution in [2.45, 2.75) is 91.1 Å². The molecular weight excluding hydrogens is 264 g/mol. The van der Waals surface area contributed by atoms with Crippen molar-refractivity contribution in [3.05, 3.63) is 0 Å². The monoisotopic (exact) mass is 298 g/mol. The molecule has 1 saturated carbocycles. The molecule has 1 heterocycles. The third kappa shape index (κ3) is 3.46. The van der Waals surface area contributed by atoms with Crippen molar-refractivity contribution in [3.8, 4) is 0 Å². The number of rotatable bonds is 6. The van der Waals surface area contributed by atoms with E-state index >= 15 is 0 Å². The second kappa shape index (κ2) is 6.97. The molecule has 0 aromatic carbocycles. The Morgan fingerprint density at radius 2 is 1.86 bits per heavy atom. The summed E-state index contributed by atoms with van der Waals surface area (Å²) >= 11 is 0. The maximum Gasteiger partial charge on any atom is 0.175 e. The average Bonchev–Trinajstić information content (AvgIpc) is 2.89. The second-order valence-corrected chi connectivity index (χ2v) is 7.61. The van der Waals surface area contributed by atoms with Crippen molar-refractivity contribution < 1.29 is 14.2 Å². The summed E-state index contributed by atoms with van der Waals surface area (Å²) in [4.78, 5) is 0. The van der Waals surface area contributed by atoms with Crippen LogP contribution in [0.1, 0.15) is 73.1 Å². The zero-order valence-corrected chi connectivity index (χ0v) is 14.6. The van der Waals surface area contributed by atoms with E-state index in [9.17, 15) is 0 Å². The van der Waals surface area contributed by atoms with Gasteiger partial charge in [-0.2, -0.15) is 0 Å². The predicted octanol–water partition coefficient (Wildman–Crippen LogP) is 4.54. The summed E-state index contributed by atoms with van der Waals surface area (Å²) in [6.07, 6.45) is 7.48. The Bertz CT molecular complexity index is 318. The lowest BCUT2D eigenvalue weighted by Gasteiger charge is -2.51. The maximum absolute atomic E-state index is 6.60. The summed E-state index contributed by atoms with van der Waals surface area (Å²) in [6, 6.07) is 0. The van der Waals surface area contributed by atoms with Crippen LogP contribution in [0.15, 0.2) is 0 Å². The lowest BCUT2D eigenvalue weighted by Crippen LogP contribution is -2.56. The number of ether oxygens (including phenoxy) is 3. The van der Waals surface area contributed by atoms with Crippen molar-refractivity contribution in [3.63, 3.8) is 0 Å². The van der Waals surface area contributed by atoms with Gasteiger partial charge in [-0.3, -0.25) is 0 Å². The van der Waals surface area contributed by atoms with Gasteiger partial charge in [0.25, 0.3) is 0 Å². The molecule has 0 aromatic heterocycles. The molecule has 1 aliphatic heterocycles. The van der Waals surface area contributed by atoms with E-state index in [0.717, 1.165) is 38.9 Å². The normalized spacial score (nSPS) is 29.1. The van der Waals surface area contributed by atoms with Gasteiger partial charge in [-0.25, -0.2) is 0 Å². The molecule has 21 heavy (non-hydrogen) atoms. The third-order valence-electron chi connectivity index (χ3n) is 5.44. The summed E-state index contributed by atoms with van der Waals surface area (Å²) in [5.41, 5.74) is -0.0822. The van der Waals surface area contributed by atoms with Crippen LogP contribution in [0.2, 0.25) is 0 Å². The molecule has 2 rings (SSSR count). The van der Waals surface area contributed by atoms with Crippen LogP contribution < -0.4 is 0 Å². The first-order valence-corrected chi connectivity index (χ1v) is 8.86. The van der Waals surface area contributed by atoms with E-state index in [4.69, 9.17) is 14.2 Å². The van der Waals surface area contributed by atoms with Gasteiger partial charge in [0.1, 0.15) is 0 Å². The van der Waals surface area contributed by atoms with E-state index in [1.54, 1.807) is 0 Å². The van der Waals surface area contributed by atoms with E-state index in [-0.39, 0.29) is 11.5 Å². The maximum atomic E-state index is 6.60. The van der Waals surface area contributed by atoms with Gasteiger partial charge < -0.3 is 14.2 Å². The molecule has 1 saturated heterocycles. The van der Waals surface area contributed by atoms with Crippen molar-refractivity contribution in [1.82, 2.24) is 0 Å². The highest BCUT2D eigenvalue weighted by atomic mass is 16.7. The molecular formula is C18H34O3. The molecule has 2 atom stereocenters. The quantitative estimate of drug-likeness (QED) is 0.720. The molecule has 3 nitrogen and oxygen atoms in total. The number of hydrogen-bond acceptors (Lipinski definition) is 3. The fourth-order valence-corrected chi connectivity index (χ4v) is 3.83.